The molecule has 1 aromatic rings. The highest BCUT2D eigenvalue weighted by molar-refractivity contribution is 6.31. The van der Waals surface area contributed by atoms with Gasteiger partial charge < -0.3 is 10.0 Å². The van der Waals surface area contributed by atoms with E-state index in [9.17, 15) is 5.11 Å². The molecule has 0 amide bonds. The molecular formula is C15H22ClNO. The van der Waals surface area contributed by atoms with E-state index in [4.69, 9.17) is 11.6 Å². The summed E-state index contributed by atoms with van der Waals surface area (Å²) >= 11 is 6.10. The third-order valence-corrected chi connectivity index (χ3v) is 3.87. The van der Waals surface area contributed by atoms with Gasteiger partial charge in [0.05, 0.1) is 6.10 Å². The molecule has 1 N–H and O–H groups in total. The average Bonchev–Trinajstić information content (AvgIpc) is 3.19. The molecule has 2 nitrogen and oxygen atoms in total. The highest BCUT2D eigenvalue weighted by Crippen LogP contribution is 2.29. The third kappa shape index (κ3) is 3.71. The Kier molecular flexibility index (Phi) is 5.04. The van der Waals surface area contributed by atoms with Gasteiger partial charge >= 0.3 is 0 Å². The molecule has 0 bridgehead atoms. The van der Waals surface area contributed by atoms with Crippen LogP contribution in [0.15, 0.2) is 24.3 Å². The molecule has 1 saturated carbocycles. The van der Waals surface area contributed by atoms with Crippen molar-refractivity contribution in [3.05, 3.63) is 34.9 Å². The van der Waals surface area contributed by atoms with Gasteiger partial charge in [-0.25, -0.2) is 0 Å². The van der Waals surface area contributed by atoms with Gasteiger partial charge in [-0.05, 0) is 43.9 Å². The van der Waals surface area contributed by atoms with Crippen molar-refractivity contribution in [1.82, 2.24) is 4.90 Å². The van der Waals surface area contributed by atoms with Crippen molar-refractivity contribution in [2.75, 3.05) is 13.1 Å². The molecule has 3 heteroatoms. The average molecular weight is 268 g/mol. The minimum atomic E-state index is -0.447. The fourth-order valence-electron chi connectivity index (χ4n) is 2.39. The van der Waals surface area contributed by atoms with E-state index in [0.29, 0.717) is 5.02 Å². The van der Waals surface area contributed by atoms with Crippen LogP contribution in [-0.4, -0.2) is 29.1 Å². The monoisotopic (exact) mass is 267 g/mol. The predicted molar refractivity (Wildman–Crippen MR) is 75.9 cm³/mol. The number of halogens is 1. The lowest BCUT2D eigenvalue weighted by Gasteiger charge is -2.23. The second kappa shape index (κ2) is 6.55. The van der Waals surface area contributed by atoms with Gasteiger partial charge in [0.2, 0.25) is 0 Å². The van der Waals surface area contributed by atoms with Crippen molar-refractivity contribution in [3.63, 3.8) is 0 Å². The van der Waals surface area contributed by atoms with Gasteiger partial charge in [-0.1, -0.05) is 36.7 Å². The quantitative estimate of drug-likeness (QED) is 0.815. The normalized spacial score (nSPS) is 17.1. The van der Waals surface area contributed by atoms with Crippen molar-refractivity contribution in [2.24, 2.45) is 0 Å². The third-order valence-electron chi connectivity index (χ3n) is 3.53. The molecule has 0 heterocycles. The van der Waals surface area contributed by atoms with E-state index in [0.717, 1.165) is 31.1 Å². The maximum absolute atomic E-state index is 10.2. The van der Waals surface area contributed by atoms with E-state index in [2.05, 4.69) is 11.8 Å². The second-order valence-corrected chi connectivity index (χ2v) is 5.50. The smallest absolute Gasteiger partial charge is 0.0816 e. The van der Waals surface area contributed by atoms with Crippen LogP contribution in [-0.2, 0) is 0 Å². The molecule has 100 valence electrons. The summed E-state index contributed by atoms with van der Waals surface area (Å²) in [6.45, 7) is 4.31. The minimum Gasteiger partial charge on any atom is -0.388 e. The van der Waals surface area contributed by atoms with Crippen LogP contribution >= 0.6 is 11.6 Å². The number of aliphatic hydroxyl groups excluding tert-OH is 1. The molecule has 1 atom stereocenters. The van der Waals surface area contributed by atoms with Crippen molar-refractivity contribution in [2.45, 2.75) is 44.8 Å². The lowest BCUT2D eigenvalue weighted by Crippen LogP contribution is -2.29. The van der Waals surface area contributed by atoms with Crippen molar-refractivity contribution in [1.29, 1.82) is 0 Å². The first-order valence-electron chi connectivity index (χ1n) is 6.89. The highest BCUT2D eigenvalue weighted by atomic mass is 35.5. The van der Waals surface area contributed by atoms with Gasteiger partial charge in [0.25, 0.3) is 0 Å². The van der Waals surface area contributed by atoms with Crippen LogP contribution in [0.1, 0.15) is 44.3 Å². The molecule has 0 spiro atoms. The second-order valence-electron chi connectivity index (χ2n) is 5.09. The molecular weight excluding hydrogens is 246 g/mol. The number of aliphatic hydroxyl groups is 1. The number of hydrogen-bond acceptors (Lipinski definition) is 2. The van der Waals surface area contributed by atoms with E-state index >= 15 is 0 Å². The molecule has 0 radical (unpaired) electrons. The first-order valence-corrected chi connectivity index (χ1v) is 7.26. The molecule has 1 aliphatic carbocycles. The maximum Gasteiger partial charge on any atom is 0.0816 e. The van der Waals surface area contributed by atoms with E-state index in [-0.39, 0.29) is 0 Å². The summed E-state index contributed by atoms with van der Waals surface area (Å²) in [6, 6.07) is 8.34. The summed E-state index contributed by atoms with van der Waals surface area (Å²) in [5.74, 6) is 0. The number of hydrogen-bond donors (Lipinski definition) is 1. The van der Waals surface area contributed by atoms with Gasteiger partial charge in [0.1, 0.15) is 0 Å². The Morgan fingerprint density at radius 3 is 2.67 bits per heavy atom. The zero-order valence-electron chi connectivity index (χ0n) is 11.0. The SMILES string of the molecule is CCCN(CCC(O)c1ccccc1Cl)C1CC1. The van der Waals surface area contributed by atoms with Gasteiger partial charge in [-0.3, -0.25) is 0 Å². The summed E-state index contributed by atoms with van der Waals surface area (Å²) in [7, 11) is 0. The van der Waals surface area contributed by atoms with E-state index in [1.54, 1.807) is 0 Å². The van der Waals surface area contributed by atoms with Crippen LogP contribution < -0.4 is 0 Å². The van der Waals surface area contributed by atoms with Gasteiger partial charge in [-0.2, -0.15) is 0 Å². The molecule has 1 aliphatic rings. The first kappa shape index (κ1) is 13.9. The topological polar surface area (TPSA) is 23.5 Å². The fourth-order valence-corrected chi connectivity index (χ4v) is 2.65. The largest absolute Gasteiger partial charge is 0.388 e. The number of rotatable bonds is 7. The summed E-state index contributed by atoms with van der Waals surface area (Å²) in [4.78, 5) is 2.50. The lowest BCUT2D eigenvalue weighted by molar-refractivity contribution is 0.139. The van der Waals surface area contributed by atoms with Gasteiger partial charge in [0.15, 0.2) is 0 Å². The fraction of sp³-hybridized carbons (Fsp3) is 0.600. The zero-order chi connectivity index (χ0) is 13.0. The molecule has 18 heavy (non-hydrogen) atoms. The highest BCUT2D eigenvalue weighted by Gasteiger charge is 2.28. The zero-order valence-corrected chi connectivity index (χ0v) is 11.7. The summed E-state index contributed by atoms with van der Waals surface area (Å²) in [6.07, 6.45) is 4.14. The molecule has 1 fully saturated rings. The van der Waals surface area contributed by atoms with Crippen molar-refractivity contribution >= 4 is 11.6 Å². The van der Waals surface area contributed by atoms with E-state index < -0.39 is 6.10 Å². The Morgan fingerprint density at radius 2 is 2.06 bits per heavy atom. The Labute approximate surface area is 115 Å². The summed E-state index contributed by atoms with van der Waals surface area (Å²) in [5.41, 5.74) is 0.853. The standard InChI is InChI=1S/C15H22ClNO/c1-2-10-17(12-7-8-12)11-9-15(18)13-5-3-4-6-14(13)16/h3-6,12,15,18H,2,7-11H2,1H3. The van der Waals surface area contributed by atoms with E-state index in [1.165, 1.54) is 19.3 Å². The van der Waals surface area contributed by atoms with Crippen LogP contribution in [0.4, 0.5) is 0 Å². The molecule has 1 aromatic carbocycles. The van der Waals surface area contributed by atoms with Crippen LogP contribution in [0.25, 0.3) is 0 Å². The molecule has 2 rings (SSSR count). The molecule has 0 aromatic heterocycles. The van der Waals surface area contributed by atoms with Crippen LogP contribution in [0.2, 0.25) is 5.02 Å². The summed E-state index contributed by atoms with van der Waals surface area (Å²) < 4.78 is 0. The van der Waals surface area contributed by atoms with Gasteiger partial charge in [0, 0.05) is 17.6 Å². The molecule has 0 aliphatic heterocycles. The summed E-state index contributed by atoms with van der Waals surface area (Å²) in [5, 5.41) is 10.9. The Bertz CT molecular complexity index is 379. The van der Waals surface area contributed by atoms with E-state index in [1.807, 2.05) is 24.3 Å². The maximum atomic E-state index is 10.2. The predicted octanol–water partition coefficient (Wildman–Crippen LogP) is 3.64. The van der Waals surface area contributed by atoms with Gasteiger partial charge in [-0.15, -0.1) is 0 Å². The van der Waals surface area contributed by atoms with Crippen molar-refractivity contribution in [3.8, 4) is 0 Å². The van der Waals surface area contributed by atoms with Crippen LogP contribution in [0.3, 0.4) is 0 Å². The Balaban J connectivity index is 1.87. The molecule has 0 saturated heterocycles. The van der Waals surface area contributed by atoms with Crippen LogP contribution in [0, 0.1) is 0 Å². The minimum absolute atomic E-state index is 0.447. The lowest BCUT2D eigenvalue weighted by atomic mass is 10.1. The number of nitrogens with zero attached hydrogens (tertiary/aromatic N) is 1. The van der Waals surface area contributed by atoms with Crippen LogP contribution in [0.5, 0.6) is 0 Å². The Morgan fingerprint density at radius 1 is 1.33 bits per heavy atom. The number of benzene rings is 1. The van der Waals surface area contributed by atoms with Crippen molar-refractivity contribution < 1.29 is 5.11 Å². The first-order chi connectivity index (χ1) is 8.72. The molecule has 1 unspecified atom stereocenters. The Hall–Kier alpha value is -0.570.